The van der Waals surface area contributed by atoms with Crippen molar-refractivity contribution >= 4 is 11.6 Å². The molecule has 5 heteroatoms. The van der Waals surface area contributed by atoms with Crippen LogP contribution in [0.2, 0.25) is 0 Å². The molecule has 4 nitrogen and oxygen atoms in total. The summed E-state index contributed by atoms with van der Waals surface area (Å²) in [4.78, 5) is 12.1. The SMILES string of the molecule is COc1ccc(C(=O)NC(C)c2cccc(N)c2)cc1F. The molecule has 110 valence electrons. The summed E-state index contributed by atoms with van der Waals surface area (Å²) >= 11 is 0. The molecule has 2 rings (SSSR count). The average Bonchev–Trinajstić information content (AvgIpc) is 2.47. The van der Waals surface area contributed by atoms with E-state index in [2.05, 4.69) is 5.32 Å². The molecule has 0 aliphatic carbocycles. The van der Waals surface area contributed by atoms with Gasteiger partial charge >= 0.3 is 0 Å². The molecule has 0 heterocycles. The highest BCUT2D eigenvalue weighted by Gasteiger charge is 2.13. The van der Waals surface area contributed by atoms with Gasteiger partial charge in [0.2, 0.25) is 0 Å². The standard InChI is InChI=1S/C16H17FN2O2/c1-10(11-4-3-5-13(18)8-11)19-16(20)12-6-7-15(21-2)14(17)9-12/h3-10H,18H2,1-2H3,(H,19,20). The molecule has 1 amide bonds. The fourth-order valence-corrected chi connectivity index (χ4v) is 2.00. The smallest absolute Gasteiger partial charge is 0.251 e. The van der Waals surface area contributed by atoms with Gasteiger partial charge in [0.25, 0.3) is 5.91 Å². The predicted molar refractivity (Wildman–Crippen MR) is 79.7 cm³/mol. The molecule has 0 saturated heterocycles. The van der Waals surface area contributed by atoms with Crippen LogP contribution >= 0.6 is 0 Å². The van der Waals surface area contributed by atoms with Crippen molar-refractivity contribution in [3.63, 3.8) is 0 Å². The minimum atomic E-state index is -0.568. The van der Waals surface area contributed by atoms with Crippen LogP contribution < -0.4 is 15.8 Å². The van der Waals surface area contributed by atoms with Crippen molar-refractivity contribution in [1.29, 1.82) is 0 Å². The molecule has 0 fully saturated rings. The molecule has 2 aromatic carbocycles. The molecule has 2 aromatic rings. The first-order valence-electron chi connectivity index (χ1n) is 6.51. The van der Waals surface area contributed by atoms with Gasteiger partial charge in [0.05, 0.1) is 13.2 Å². The Hall–Kier alpha value is -2.56. The number of amides is 1. The van der Waals surface area contributed by atoms with Crippen molar-refractivity contribution in [1.82, 2.24) is 5.32 Å². The Morgan fingerprint density at radius 3 is 2.67 bits per heavy atom. The number of carbonyl (C=O) groups is 1. The second-order valence-electron chi connectivity index (χ2n) is 4.71. The van der Waals surface area contributed by atoms with E-state index in [1.807, 2.05) is 19.1 Å². The third kappa shape index (κ3) is 3.51. The topological polar surface area (TPSA) is 64.3 Å². The van der Waals surface area contributed by atoms with Gasteiger partial charge in [-0.1, -0.05) is 12.1 Å². The highest BCUT2D eigenvalue weighted by molar-refractivity contribution is 5.94. The molecule has 1 unspecified atom stereocenters. The molecule has 0 aliphatic rings. The summed E-state index contributed by atoms with van der Waals surface area (Å²) in [7, 11) is 1.38. The Bertz CT molecular complexity index is 658. The van der Waals surface area contributed by atoms with Crippen LogP contribution in [0.3, 0.4) is 0 Å². The highest BCUT2D eigenvalue weighted by Crippen LogP contribution is 2.19. The molecule has 1 atom stereocenters. The zero-order valence-electron chi connectivity index (χ0n) is 11.9. The van der Waals surface area contributed by atoms with Crippen molar-refractivity contribution in [2.75, 3.05) is 12.8 Å². The minimum Gasteiger partial charge on any atom is -0.494 e. The lowest BCUT2D eigenvalue weighted by molar-refractivity contribution is 0.0939. The summed E-state index contributed by atoms with van der Waals surface area (Å²) in [5.41, 5.74) is 7.47. The Balaban J connectivity index is 2.12. The maximum Gasteiger partial charge on any atom is 0.251 e. The number of nitrogens with two attached hydrogens (primary N) is 1. The van der Waals surface area contributed by atoms with Crippen LogP contribution in [-0.4, -0.2) is 13.0 Å². The van der Waals surface area contributed by atoms with Crippen molar-refractivity contribution in [3.8, 4) is 5.75 Å². The van der Waals surface area contributed by atoms with E-state index in [0.29, 0.717) is 5.69 Å². The van der Waals surface area contributed by atoms with Crippen LogP contribution in [-0.2, 0) is 0 Å². The van der Waals surface area contributed by atoms with E-state index in [1.165, 1.54) is 19.2 Å². The van der Waals surface area contributed by atoms with Crippen LogP contribution in [0.5, 0.6) is 5.75 Å². The zero-order chi connectivity index (χ0) is 15.4. The van der Waals surface area contributed by atoms with Gasteiger partial charge in [-0.25, -0.2) is 4.39 Å². The number of hydrogen-bond donors (Lipinski definition) is 2. The third-order valence-electron chi connectivity index (χ3n) is 3.17. The van der Waals surface area contributed by atoms with E-state index in [1.54, 1.807) is 12.1 Å². The molecule has 0 spiro atoms. The molecule has 0 aliphatic heterocycles. The van der Waals surface area contributed by atoms with Crippen molar-refractivity contribution in [2.24, 2.45) is 0 Å². The molecule has 0 radical (unpaired) electrons. The predicted octanol–water partition coefficient (Wildman–Crippen LogP) is 2.91. The molecule has 0 aromatic heterocycles. The summed E-state index contributed by atoms with van der Waals surface area (Å²) < 4.78 is 18.4. The molecule has 0 bridgehead atoms. The first kappa shape index (κ1) is 14.8. The van der Waals surface area contributed by atoms with Gasteiger partial charge in [0, 0.05) is 11.3 Å². The number of anilines is 1. The minimum absolute atomic E-state index is 0.107. The number of nitrogens with one attached hydrogen (secondary N) is 1. The molecular weight excluding hydrogens is 271 g/mol. The average molecular weight is 288 g/mol. The van der Waals surface area contributed by atoms with E-state index in [-0.39, 0.29) is 23.3 Å². The van der Waals surface area contributed by atoms with Gasteiger partial charge in [-0.05, 0) is 42.8 Å². The molecule has 3 N–H and O–H groups in total. The summed E-state index contributed by atoms with van der Waals surface area (Å²) in [6, 6.07) is 11.1. The van der Waals surface area contributed by atoms with Crippen LogP contribution in [0.25, 0.3) is 0 Å². The van der Waals surface area contributed by atoms with Crippen LogP contribution in [0, 0.1) is 5.82 Å². The Morgan fingerprint density at radius 2 is 2.05 bits per heavy atom. The summed E-state index contributed by atoms with van der Waals surface area (Å²) in [5.74, 6) is -0.816. The summed E-state index contributed by atoms with van der Waals surface area (Å²) in [5, 5.41) is 2.80. The highest BCUT2D eigenvalue weighted by atomic mass is 19.1. The zero-order valence-corrected chi connectivity index (χ0v) is 11.9. The fourth-order valence-electron chi connectivity index (χ4n) is 2.00. The van der Waals surface area contributed by atoms with Gasteiger partial charge in [-0.15, -0.1) is 0 Å². The largest absolute Gasteiger partial charge is 0.494 e. The second-order valence-corrected chi connectivity index (χ2v) is 4.71. The Kier molecular flexibility index (Phi) is 4.42. The molecule has 0 saturated carbocycles. The number of hydrogen-bond acceptors (Lipinski definition) is 3. The number of nitrogen functional groups attached to an aromatic ring is 1. The number of rotatable bonds is 4. The van der Waals surface area contributed by atoms with Gasteiger partial charge in [0.15, 0.2) is 11.6 Å². The Labute approximate surface area is 122 Å². The number of benzene rings is 2. The van der Waals surface area contributed by atoms with E-state index >= 15 is 0 Å². The van der Waals surface area contributed by atoms with E-state index in [9.17, 15) is 9.18 Å². The first-order chi connectivity index (χ1) is 10.0. The Morgan fingerprint density at radius 1 is 1.29 bits per heavy atom. The third-order valence-corrected chi connectivity index (χ3v) is 3.17. The lowest BCUT2D eigenvalue weighted by atomic mass is 10.1. The maximum absolute atomic E-state index is 13.6. The van der Waals surface area contributed by atoms with Gasteiger partial charge < -0.3 is 15.8 Å². The summed E-state index contributed by atoms with van der Waals surface area (Å²) in [6.45, 7) is 1.84. The van der Waals surface area contributed by atoms with Crippen LogP contribution in [0.1, 0.15) is 28.9 Å². The van der Waals surface area contributed by atoms with E-state index in [4.69, 9.17) is 10.5 Å². The lowest BCUT2D eigenvalue weighted by Crippen LogP contribution is -2.26. The van der Waals surface area contributed by atoms with Gasteiger partial charge in [-0.2, -0.15) is 0 Å². The van der Waals surface area contributed by atoms with E-state index < -0.39 is 5.82 Å². The van der Waals surface area contributed by atoms with Crippen LogP contribution in [0.15, 0.2) is 42.5 Å². The monoisotopic (exact) mass is 288 g/mol. The number of carbonyl (C=O) groups excluding carboxylic acids is 1. The van der Waals surface area contributed by atoms with Gasteiger partial charge in [-0.3, -0.25) is 4.79 Å². The van der Waals surface area contributed by atoms with Crippen LogP contribution in [0.4, 0.5) is 10.1 Å². The lowest BCUT2D eigenvalue weighted by Gasteiger charge is -2.15. The quantitative estimate of drug-likeness (QED) is 0.850. The first-order valence-corrected chi connectivity index (χ1v) is 6.51. The number of methoxy groups -OCH3 is 1. The molecular formula is C16H17FN2O2. The van der Waals surface area contributed by atoms with Gasteiger partial charge in [0.1, 0.15) is 0 Å². The second kappa shape index (κ2) is 6.26. The molecule has 21 heavy (non-hydrogen) atoms. The fraction of sp³-hybridized carbons (Fsp3) is 0.188. The normalized spacial score (nSPS) is 11.8. The summed E-state index contributed by atoms with van der Waals surface area (Å²) in [6.07, 6.45) is 0. The maximum atomic E-state index is 13.6. The van der Waals surface area contributed by atoms with Crippen molar-refractivity contribution in [3.05, 3.63) is 59.4 Å². The van der Waals surface area contributed by atoms with Crippen molar-refractivity contribution in [2.45, 2.75) is 13.0 Å². The number of halogens is 1. The number of ether oxygens (including phenoxy) is 1. The van der Waals surface area contributed by atoms with E-state index in [0.717, 1.165) is 11.6 Å². The van der Waals surface area contributed by atoms with Crippen molar-refractivity contribution < 1.29 is 13.9 Å².